The van der Waals surface area contributed by atoms with Crippen LogP contribution < -0.4 is 0 Å². The molecule has 0 saturated carbocycles. The predicted octanol–water partition coefficient (Wildman–Crippen LogP) is 9.29. The minimum Gasteiger partial charge on any atom is -0.307 e. The molecule has 6 aromatic carbocycles. The van der Waals surface area contributed by atoms with Crippen molar-refractivity contribution in [1.82, 2.24) is 9.13 Å². The Labute approximate surface area is 242 Å². The van der Waals surface area contributed by atoms with Crippen LogP contribution in [0.3, 0.4) is 0 Å². The second kappa shape index (κ2) is 9.24. The summed E-state index contributed by atoms with van der Waals surface area (Å²) in [5.41, 5.74) is 9.27. The van der Waals surface area contributed by atoms with Crippen molar-refractivity contribution < 1.29 is 0 Å². The molecule has 42 heavy (non-hydrogen) atoms. The number of nitrogens with zero attached hydrogens (tertiary/aromatic N) is 4. The van der Waals surface area contributed by atoms with Crippen molar-refractivity contribution in [1.29, 1.82) is 10.5 Å². The van der Waals surface area contributed by atoms with Gasteiger partial charge in [0.15, 0.2) is 0 Å². The average molecular weight is 535 g/mol. The van der Waals surface area contributed by atoms with Crippen molar-refractivity contribution in [2.45, 2.75) is 0 Å². The van der Waals surface area contributed by atoms with Gasteiger partial charge in [-0.15, -0.1) is 0 Å². The lowest BCUT2D eigenvalue weighted by atomic mass is 10.1. The van der Waals surface area contributed by atoms with E-state index in [0.717, 1.165) is 66.1 Å². The molecule has 0 amide bonds. The van der Waals surface area contributed by atoms with Crippen LogP contribution in [-0.2, 0) is 0 Å². The Hall–Kier alpha value is -6.10. The topological polar surface area (TPSA) is 57.4 Å². The molecule has 2 aromatic heterocycles. The molecule has 0 N–H and O–H groups in total. The van der Waals surface area contributed by atoms with Crippen molar-refractivity contribution in [3.63, 3.8) is 0 Å². The molecule has 2 heterocycles. The molecule has 8 aromatic rings. The Morgan fingerprint density at radius 3 is 1.76 bits per heavy atom. The first-order chi connectivity index (χ1) is 20.8. The first kappa shape index (κ1) is 23.8. The van der Waals surface area contributed by atoms with Crippen molar-refractivity contribution >= 4 is 43.6 Å². The van der Waals surface area contributed by atoms with E-state index in [-0.39, 0.29) is 0 Å². The summed E-state index contributed by atoms with van der Waals surface area (Å²) in [6, 6.07) is 50.3. The highest BCUT2D eigenvalue weighted by molar-refractivity contribution is 6.23. The molecule has 0 aliphatic heterocycles. The summed E-state index contributed by atoms with van der Waals surface area (Å²) in [5, 5.41) is 24.3. The summed E-state index contributed by atoms with van der Waals surface area (Å²) in [4.78, 5) is 0. The van der Waals surface area contributed by atoms with Gasteiger partial charge < -0.3 is 9.13 Å². The van der Waals surface area contributed by atoms with E-state index >= 15 is 0 Å². The fraction of sp³-hybridized carbons (Fsp3) is 0. The standard InChI is InChI=1S/C38H22N4/c39-23-25-17-20-34(28(21-25)24-40)42-36-16-7-5-14-31(36)33-19-18-32-30-13-4-6-15-35(30)41(37(32)38(33)42)29-12-8-11-27(22-29)26-9-2-1-3-10-26/h1-22H. The average Bonchev–Trinajstić information content (AvgIpc) is 3.58. The molecule has 0 aliphatic rings. The fourth-order valence-electron chi connectivity index (χ4n) is 6.36. The summed E-state index contributed by atoms with van der Waals surface area (Å²) in [5.74, 6) is 0. The zero-order valence-corrected chi connectivity index (χ0v) is 22.5. The number of benzene rings is 6. The van der Waals surface area contributed by atoms with Crippen LogP contribution in [0, 0.1) is 22.7 Å². The lowest BCUT2D eigenvalue weighted by Crippen LogP contribution is -2.01. The molecular weight excluding hydrogens is 512 g/mol. The van der Waals surface area contributed by atoms with Crippen LogP contribution in [0.25, 0.3) is 66.1 Å². The van der Waals surface area contributed by atoms with Gasteiger partial charge in [0, 0.05) is 27.2 Å². The van der Waals surface area contributed by atoms with E-state index in [1.807, 2.05) is 18.2 Å². The molecule has 0 saturated heterocycles. The fourth-order valence-corrected chi connectivity index (χ4v) is 6.36. The zero-order chi connectivity index (χ0) is 28.2. The highest BCUT2D eigenvalue weighted by Gasteiger charge is 2.22. The lowest BCUT2D eigenvalue weighted by molar-refractivity contribution is 1.14. The normalized spacial score (nSPS) is 11.3. The third kappa shape index (κ3) is 3.40. The van der Waals surface area contributed by atoms with E-state index < -0.39 is 0 Å². The van der Waals surface area contributed by atoms with Gasteiger partial charge in [-0.2, -0.15) is 10.5 Å². The van der Waals surface area contributed by atoms with Gasteiger partial charge in [0.25, 0.3) is 0 Å². The van der Waals surface area contributed by atoms with Crippen molar-refractivity contribution in [3.8, 4) is 34.6 Å². The van der Waals surface area contributed by atoms with E-state index in [2.05, 4.69) is 124 Å². The number of para-hydroxylation sites is 2. The third-order valence-corrected chi connectivity index (χ3v) is 8.17. The maximum atomic E-state index is 10.2. The number of hydrogen-bond donors (Lipinski definition) is 0. The summed E-state index contributed by atoms with van der Waals surface area (Å²) >= 11 is 0. The zero-order valence-electron chi connectivity index (χ0n) is 22.5. The number of hydrogen-bond acceptors (Lipinski definition) is 2. The van der Waals surface area contributed by atoms with Gasteiger partial charge in [0.2, 0.25) is 0 Å². The maximum Gasteiger partial charge on any atom is 0.101 e. The van der Waals surface area contributed by atoms with E-state index in [1.165, 1.54) is 0 Å². The molecule has 0 bridgehead atoms. The molecule has 4 heteroatoms. The molecule has 8 rings (SSSR count). The Bertz CT molecular complexity index is 2430. The van der Waals surface area contributed by atoms with Crippen LogP contribution in [0.5, 0.6) is 0 Å². The van der Waals surface area contributed by atoms with Crippen LogP contribution in [0.2, 0.25) is 0 Å². The molecule has 0 fully saturated rings. The maximum absolute atomic E-state index is 10.2. The third-order valence-electron chi connectivity index (χ3n) is 8.17. The number of rotatable bonds is 3. The Morgan fingerprint density at radius 2 is 1.07 bits per heavy atom. The molecule has 0 radical (unpaired) electrons. The van der Waals surface area contributed by atoms with Gasteiger partial charge in [-0.05, 0) is 53.6 Å². The highest BCUT2D eigenvalue weighted by atomic mass is 15.0. The Kier molecular flexibility index (Phi) is 5.22. The smallest absolute Gasteiger partial charge is 0.101 e. The van der Waals surface area contributed by atoms with E-state index in [9.17, 15) is 10.5 Å². The molecule has 0 spiro atoms. The van der Waals surface area contributed by atoms with Gasteiger partial charge in [0.1, 0.15) is 6.07 Å². The van der Waals surface area contributed by atoms with Crippen LogP contribution >= 0.6 is 0 Å². The van der Waals surface area contributed by atoms with Gasteiger partial charge in [0.05, 0.1) is 45.0 Å². The molecule has 0 atom stereocenters. The minimum atomic E-state index is 0.461. The van der Waals surface area contributed by atoms with Crippen LogP contribution in [0.4, 0.5) is 0 Å². The van der Waals surface area contributed by atoms with Crippen molar-refractivity contribution in [2.75, 3.05) is 0 Å². The molecular formula is C38H22N4. The monoisotopic (exact) mass is 534 g/mol. The first-order valence-electron chi connectivity index (χ1n) is 13.8. The van der Waals surface area contributed by atoms with Crippen molar-refractivity contribution in [2.24, 2.45) is 0 Å². The SMILES string of the molecule is N#Cc1ccc(-n2c3ccccc3c3ccc4c5ccccc5n(-c5cccc(-c6ccccc6)c5)c4c32)c(C#N)c1. The van der Waals surface area contributed by atoms with E-state index in [0.29, 0.717) is 11.1 Å². The second-order valence-corrected chi connectivity index (χ2v) is 10.4. The molecule has 0 unspecified atom stereocenters. The van der Waals surface area contributed by atoms with Crippen molar-refractivity contribution in [3.05, 3.63) is 145 Å². The Balaban J connectivity index is 1.57. The molecule has 0 aliphatic carbocycles. The van der Waals surface area contributed by atoms with Crippen LogP contribution in [0.1, 0.15) is 11.1 Å². The Morgan fingerprint density at radius 1 is 0.452 bits per heavy atom. The summed E-state index contributed by atoms with van der Waals surface area (Å²) in [6.07, 6.45) is 0. The molecule has 4 nitrogen and oxygen atoms in total. The van der Waals surface area contributed by atoms with Gasteiger partial charge in [-0.1, -0.05) is 91.0 Å². The summed E-state index contributed by atoms with van der Waals surface area (Å²) in [6.45, 7) is 0. The predicted molar refractivity (Wildman–Crippen MR) is 170 cm³/mol. The van der Waals surface area contributed by atoms with Gasteiger partial charge >= 0.3 is 0 Å². The highest BCUT2D eigenvalue weighted by Crippen LogP contribution is 2.42. The number of aromatic nitrogens is 2. The molecule has 194 valence electrons. The van der Waals surface area contributed by atoms with Gasteiger partial charge in [-0.3, -0.25) is 0 Å². The van der Waals surface area contributed by atoms with Gasteiger partial charge in [-0.25, -0.2) is 0 Å². The quantitative estimate of drug-likeness (QED) is 0.227. The summed E-state index contributed by atoms with van der Waals surface area (Å²) in [7, 11) is 0. The lowest BCUT2D eigenvalue weighted by Gasteiger charge is -2.14. The summed E-state index contributed by atoms with van der Waals surface area (Å²) < 4.78 is 4.55. The van der Waals surface area contributed by atoms with E-state index in [4.69, 9.17) is 0 Å². The minimum absolute atomic E-state index is 0.461. The number of fused-ring (bicyclic) bond motifs is 7. The largest absolute Gasteiger partial charge is 0.307 e. The van der Waals surface area contributed by atoms with Crippen LogP contribution in [-0.4, -0.2) is 9.13 Å². The van der Waals surface area contributed by atoms with E-state index in [1.54, 1.807) is 12.1 Å². The number of nitriles is 2. The second-order valence-electron chi connectivity index (χ2n) is 10.4. The van der Waals surface area contributed by atoms with Crippen LogP contribution in [0.15, 0.2) is 133 Å². The first-order valence-corrected chi connectivity index (χ1v) is 13.8.